The van der Waals surface area contributed by atoms with Gasteiger partial charge in [-0.25, -0.2) is 10.2 Å². The van der Waals surface area contributed by atoms with E-state index in [0.717, 1.165) is 25.0 Å². The molecular formula is C9H15N3O. The van der Waals surface area contributed by atoms with Gasteiger partial charge < -0.3 is 5.73 Å². The summed E-state index contributed by atoms with van der Waals surface area (Å²) in [4.78, 5) is 10.4. The van der Waals surface area contributed by atoms with E-state index in [1.54, 1.807) is 0 Å². The number of amides is 2. The lowest BCUT2D eigenvalue weighted by Crippen LogP contribution is -2.27. The summed E-state index contributed by atoms with van der Waals surface area (Å²) in [6.45, 7) is 1.92. The van der Waals surface area contributed by atoms with E-state index in [1.165, 1.54) is 0 Å². The Morgan fingerprint density at radius 3 is 2.92 bits per heavy atom. The van der Waals surface area contributed by atoms with E-state index in [-0.39, 0.29) is 0 Å². The summed E-state index contributed by atoms with van der Waals surface area (Å²) in [7, 11) is 0. The molecule has 0 bridgehead atoms. The third kappa shape index (κ3) is 3.27. The number of rotatable bonds is 2. The summed E-state index contributed by atoms with van der Waals surface area (Å²) in [5, 5.41) is 3.91. The van der Waals surface area contributed by atoms with Gasteiger partial charge in [0.15, 0.2) is 0 Å². The van der Waals surface area contributed by atoms with Crippen molar-refractivity contribution in [1.82, 2.24) is 5.43 Å². The van der Waals surface area contributed by atoms with Gasteiger partial charge in [-0.2, -0.15) is 5.10 Å². The predicted molar refractivity (Wildman–Crippen MR) is 52.3 cm³/mol. The molecule has 0 saturated heterocycles. The highest BCUT2D eigenvalue weighted by atomic mass is 16.2. The molecule has 4 nitrogen and oxygen atoms in total. The second-order valence-corrected chi connectivity index (χ2v) is 3.21. The van der Waals surface area contributed by atoms with Gasteiger partial charge in [0.25, 0.3) is 0 Å². The molecule has 0 radical (unpaired) electrons. The Kier molecular flexibility index (Phi) is 3.49. The van der Waals surface area contributed by atoms with Gasteiger partial charge in [0.2, 0.25) is 0 Å². The lowest BCUT2D eigenvalue weighted by atomic mass is 9.91. The first-order valence-electron chi connectivity index (χ1n) is 4.45. The molecular weight excluding hydrogens is 166 g/mol. The molecule has 1 aliphatic rings. The van der Waals surface area contributed by atoms with E-state index >= 15 is 0 Å². The van der Waals surface area contributed by atoms with Crippen molar-refractivity contribution >= 4 is 11.7 Å². The first kappa shape index (κ1) is 9.77. The smallest absolute Gasteiger partial charge is 0.332 e. The van der Waals surface area contributed by atoms with Crippen LogP contribution in [0.15, 0.2) is 17.3 Å². The topological polar surface area (TPSA) is 67.5 Å². The molecule has 0 aromatic rings. The Morgan fingerprint density at radius 1 is 1.62 bits per heavy atom. The van der Waals surface area contributed by atoms with Gasteiger partial charge in [-0.15, -0.1) is 0 Å². The Hall–Kier alpha value is -1.32. The molecule has 3 N–H and O–H groups in total. The van der Waals surface area contributed by atoms with Crippen LogP contribution in [0.1, 0.15) is 26.2 Å². The highest BCUT2D eigenvalue weighted by Gasteiger charge is 2.12. The van der Waals surface area contributed by atoms with Crippen LogP contribution in [0, 0.1) is 5.92 Å². The molecule has 1 atom stereocenters. The van der Waals surface area contributed by atoms with Gasteiger partial charge in [0.1, 0.15) is 0 Å². The van der Waals surface area contributed by atoms with Gasteiger partial charge in [0, 0.05) is 11.6 Å². The molecule has 0 saturated carbocycles. The minimum Gasteiger partial charge on any atom is -0.350 e. The Balaban J connectivity index is 2.45. The number of primary amides is 1. The lowest BCUT2D eigenvalue weighted by Gasteiger charge is -2.16. The summed E-state index contributed by atoms with van der Waals surface area (Å²) in [6, 6.07) is -0.606. The molecule has 0 aromatic carbocycles. The summed E-state index contributed by atoms with van der Waals surface area (Å²) in [5.74, 6) is 0.455. The zero-order chi connectivity index (χ0) is 9.68. The third-order valence-electron chi connectivity index (χ3n) is 2.20. The zero-order valence-electron chi connectivity index (χ0n) is 7.79. The predicted octanol–water partition coefficient (Wildman–Crippen LogP) is 1.39. The summed E-state index contributed by atoms with van der Waals surface area (Å²) >= 11 is 0. The standard InChI is InChI=1S/C9H15N3O/c1-7(11-12-9(10)13)8-5-3-2-4-6-8/h2-3,8H,4-6H2,1H3,(H3,10,12,13)/b11-7-. The first-order valence-corrected chi connectivity index (χ1v) is 4.45. The Bertz CT molecular complexity index is 245. The van der Waals surface area contributed by atoms with Crippen molar-refractivity contribution in [2.24, 2.45) is 16.8 Å². The number of nitrogens with two attached hydrogens (primary N) is 1. The number of carbonyl (C=O) groups is 1. The van der Waals surface area contributed by atoms with Gasteiger partial charge in [-0.05, 0) is 26.2 Å². The molecule has 0 fully saturated rings. The molecule has 1 unspecified atom stereocenters. The maximum Gasteiger partial charge on any atom is 0.332 e. The number of hydrazone groups is 1. The van der Waals surface area contributed by atoms with E-state index in [2.05, 4.69) is 22.7 Å². The Morgan fingerprint density at radius 2 is 2.38 bits per heavy atom. The van der Waals surface area contributed by atoms with E-state index in [9.17, 15) is 4.79 Å². The van der Waals surface area contributed by atoms with Gasteiger partial charge >= 0.3 is 6.03 Å². The van der Waals surface area contributed by atoms with Crippen molar-refractivity contribution in [3.63, 3.8) is 0 Å². The maximum atomic E-state index is 10.4. The number of urea groups is 1. The molecule has 2 amide bonds. The van der Waals surface area contributed by atoms with Crippen LogP contribution in [0.25, 0.3) is 0 Å². The molecule has 13 heavy (non-hydrogen) atoms. The minimum atomic E-state index is -0.606. The van der Waals surface area contributed by atoms with Gasteiger partial charge in [-0.3, -0.25) is 0 Å². The number of allylic oxidation sites excluding steroid dienone is 2. The van der Waals surface area contributed by atoms with Crippen molar-refractivity contribution in [1.29, 1.82) is 0 Å². The average molecular weight is 181 g/mol. The summed E-state index contributed by atoms with van der Waals surface area (Å²) < 4.78 is 0. The fraction of sp³-hybridized carbons (Fsp3) is 0.556. The second-order valence-electron chi connectivity index (χ2n) is 3.21. The Labute approximate surface area is 77.9 Å². The lowest BCUT2D eigenvalue weighted by molar-refractivity contribution is 0.249. The van der Waals surface area contributed by atoms with Crippen molar-refractivity contribution in [3.05, 3.63) is 12.2 Å². The van der Waals surface area contributed by atoms with E-state index in [1.807, 2.05) is 6.92 Å². The first-order chi connectivity index (χ1) is 6.20. The molecule has 0 heterocycles. The second kappa shape index (κ2) is 4.64. The van der Waals surface area contributed by atoms with Crippen molar-refractivity contribution in [3.8, 4) is 0 Å². The van der Waals surface area contributed by atoms with E-state index in [4.69, 9.17) is 5.73 Å². The molecule has 0 aromatic heterocycles. The fourth-order valence-electron chi connectivity index (χ4n) is 1.41. The number of carbonyl (C=O) groups excluding carboxylic acids is 1. The average Bonchev–Trinajstić information content (AvgIpc) is 2.15. The molecule has 1 rings (SSSR count). The van der Waals surface area contributed by atoms with Crippen LogP contribution in [0.5, 0.6) is 0 Å². The van der Waals surface area contributed by atoms with Crippen molar-refractivity contribution in [2.75, 3.05) is 0 Å². The van der Waals surface area contributed by atoms with Gasteiger partial charge in [-0.1, -0.05) is 12.2 Å². The molecule has 72 valence electrons. The summed E-state index contributed by atoms with van der Waals surface area (Å²) in [6.07, 6.45) is 7.53. The summed E-state index contributed by atoms with van der Waals surface area (Å²) in [5.41, 5.74) is 8.09. The number of nitrogens with zero attached hydrogens (tertiary/aromatic N) is 1. The maximum absolute atomic E-state index is 10.4. The highest BCUT2D eigenvalue weighted by molar-refractivity contribution is 5.86. The number of nitrogens with one attached hydrogen (secondary N) is 1. The fourth-order valence-corrected chi connectivity index (χ4v) is 1.41. The zero-order valence-corrected chi connectivity index (χ0v) is 7.79. The number of hydrogen-bond donors (Lipinski definition) is 2. The van der Waals surface area contributed by atoms with Crippen LogP contribution in [0.4, 0.5) is 4.79 Å². The van der Waals surface area contributed by atoms with E-state index in [0.29, 0.717) is 5.92 Å². The largest absolute Gasteiger partial charge is 0.350 e. The monoisotopic (exact) mass is 181 g/mol. The minimum absolute atomic E-state index is 0.455. The SMILES string of the molecule is C/C(=N/NC(N)=O)C1CC=CCC1. The highest BCUT2D eigenvalue weighted by Crippen LogP contribution is 2.19. The van der Waals surface area contributed by atoms with Crippen LogP contribution in [0.2, 0.25) is 0 Å². The van der Waals surface area contributed by atoms with E-state index < -0.39 is 6.03 Å². The van der Waals surface area contributed by atoms with Crippen molar-refractivity contribution < 1.29 is 4.79 Å². The van der Waals surface area contributed by atoms with Crippen LogP contribution in [-0.2, 0) is 0 Å². The van der Waals surface area contributed by atoms with Crippen LogP contribution in [0.3, 0.4) is 0 Å². The normalized spacial score (nSPS) is 22.8. The van der Waals surface area contributed by atoms with Crippen LogP contribution < -0.4 is 11.2 Å². The number of hydrogen-bond acceptors (Lipinski definition) is 2. The quantitative estimate of drug-likeness (QED) is 0.377. The third-order valence-corrected chi connectivity index (χ3v) is 2.20. The van der Waals surface area contributed by atoms with Gasteiger partial charge in [0.05, 0.1) is 0 Å². The molecule has 4 heteroatoms. The van der Waals surface area contributed by atoms with Crippen molar-refractivity contribution in [2.45, 2.75) is 26.2 Å². The van der Waals surface area contributed by atoms with Crippen LogP contribution >= 0.6 is 0 Å². The molecule has 1 aliphatic carbocycles. The molecule has 0 aliphatic heterocycles. The van der Waals surface area contributed by atoms with Crippen LogP contribution in [-0.4, -0.2) is 11.7 Å². The molecule has 0 spiro atoms.